The van der Waals surface area contributed by atoms with E-state index >= 15 is 0 Å². The van der Waals surface area contributed by atoms with Crippen LogP contribution < -0.4 is 10.6 Å². The van der Waals surface area contributed by atoms with Crippen LogP contribution >= 0.6 is 0 Å². The van der Waals surface area contributed by atoms with Crippen molar-refractivity contribution in [1.29, 1.82) is 0 Å². The van der Waals surface area contributed by atoms with Crippen molar-refractivity contribution in [2.24, 2.45) is 11.8 Å². The summed E-state index contributed by atoms with van der Waals surface area (Å²) in [5, 5.41) is 7.36. The maximum absolute atomic E-state index is 15.0. The highest BCUT2D eigenvalue weighted by atomic mass is 19.1. The van der Waals surface area contributed by atoms with E-state index in [-0.39, 0.29) is 42.7 Å². The number of aromatic nitrogens is 6. The van der Waals surface area contributed by atoms with E-state index in [2.05, 4.69) is 60.3 Å². The van der Waals surface area contributed by atoms with E-state index in [0.717, 1.165) is 81.3 Å². The molecule has 17 heteroatoms. The number of halogens is 1. The highest BCUT2D eigenvalue weighted by Crippen LogP contribution is 2.43. The number of likely N-dealkylation sites (tertiary alicyclic amines) is 2. The summed E-state index contributed by atoms with van der Waals surface area (Å²) in [6.07, 6.45) is 4.72. The number of methoxy groups -OCH3 is 2. The molecule has 9 rings (SSSR count). The third kappa shape index (κ3) is 7.82. The van der Waals surface area contributed by atoms with Crippen molar-refractivity contribution in [3.05, 3.63) is 72.3 Å². The van der Waals surface area contributed by atoms with Crippen molar-refractivity contribution in [3.8, 4) is 22.5 Å². The van der Waals surface area contributed by atoms with Crippen LogP contribution in [-0.4, -0.2) is 109 Å². The SMILES string of the molecule is COC(=O)N[C@H](C(=O)N1CCC[C@H]1c1ncc(-c2ccc3c(c2)cc2c4ccc(-c5cnc([C@@H]6C[C@@H](F)CN6C(=O)[C@@H](NC(=O)OC)C(C)C)[nH]5)cc4nc(C4CC4)n32)[nH]1)C(C)C. The summed E-state index contributed by atoms with van der Waals surface area (Å²) in [6, 6.07) is 12.2. The van der Waals surface area contributed by atoms with Crippen LogP contribution in [-0.2, 0) is 19.1 Å². The van der Waals surface area contributed by atoms with Gasteiger partial charge >= 0.3 is 12.2 Å². The molecule has 2 saturated heterocycles. The van der Waals surface area contributed by atoms with Crippen LogP contribution in [0.2, 0.25) is 0 Å². The Labute approximate surface area is 363 Å². The molecule has 6 aromatic rings. The Hall–Kier alpha value is -6.52. The number of imidazole rings is 2. The lowest BCUT2D eigenvalue weighted by Gasteiger charge is -2.30. The van der Waals surface area contributed by atoms with Crippen LogP contribution in [0.4, 0.5) is 14.0 Å². The normalized spacial score (nSPS) is 20.0. The number of fused-ring (bicyclic) bond motifs is 5. The molecule has 2 aromatic carbocycles. The molecule has 4 aromatic heterocycles. The monoisotopic (exact) mass is 860 g/mol. The molecule has 63 heavy (non-hydrogen) atoms. The van der Waals surface area contributed by atoms with Crippen molar-refractivity contribution in [2.75, 3.05) is 27.3 Å². The van der Waals surface area contributed by atoms with Crippen LogP contribution in [0.3, 0.4) is 0 Å². The summed E-state index contributed by atoms with van der Waals surface area (Å²) in [7, 11) is 2.52. The maximum atomic E-state index is 15.0. The quantitative estimate of drug-likeness (QED) is 0.103. The third-order valence-corrected chi connectivity index (χ3v) is 12.8. The Morgan fingerprint density at radius 2 is 1.37 bits per heavy atom. The first kappa shape index (κ1) is 41.8. The van der Waals surface area contributed by atoms with E-state index in [1.165, 1.54) is 19.1 Å². The standard InChI is InChI=1S/C46H53FN10O6/c1-23(2)38(53-45(60)62-5)43(58)55-15-7-8-35(55)40-48-20-32(50-40)26-12-14-34-28(16-26)18-36-30-13-11-27(17-31(30)52-42(57(34)36)25-9-10-25)33-21-49-41(51-33)37-19-29(47)22-56(37)44(59)39(24(3)4)54-46(61)63-6/h11-14,16-18,20-21,23-25,29,35,37-39H,7-10,15,19,22H2,1-6H3,(H,48,50)(H,49,51)(H,53,60)(H,54,61)/t29-,35+,37+,38+,39+/m1/s1. The molecule has 0 spiro atoms. The van der Waals surface area contributed by atoms with Crippen LogP contribution in [0.5, 0.6) is 0 Å². The van der Waals surface area contributed by atoms with Crippen molar-refractivity contribution in [3.63, 3.8) is 0 Å². The zero-order valence-corrected chi connectivity index (χ0v) is 36.3. The van der Waals surface area contributed by atoms with Crippen LogP contribution in [0.25, 0.3) is 49.8 Å². The van der Waals surface area contributed by atoms with E-state index in [1.807, 2.05) is 50.9 Å². The van der Waals surface area contributed by atoms with E-state index in [0.29, 0.717) is 24.1 Å². The number of hydrogen-bond acceptors (Lipinski definition) is 9. The molecular formula is C46H53FN10O6. The number of hydrogen-bond donors (Lipinski definition) is 4. The van der Waals surface area contributed by atoms with E-state index in [1.54, 1.807) is 6.20 Å². The number of alkyl halides is 1. The van der Waals surface area contributed by atoms with Gasteiger partial charge in [-0.15, -0.1) is 0 Å². The van der Waals surface area contributed by atoms with Gasteiger partial charge in [0.25, 0.3) is 0 Å². The molecule has 16 nitrogen and oxygen atoms in total. The van der Waals surface area contributed by atoms with Crippen LogP contribution in [0.1, 0.15) is 95.3 Å². The van der Waals surface area contributed by atoms with Gasteiger partial charge in [0.15, 0.2) is 0 Å². The van der Waals surface area contributed by atoms with Crippen molar-refractivity contribution >= 4 is 51.3 Å². The molecular weight excluding hydrogens is 808 g/mol. The Kier molecular flexibility index (Phi) is 11.0. The topological polar surface area (TPSA) is 192 Å². The number of ether oxygens (including phenoxy) is 2. The van der Waals surface area contributed by atoms with Crippen LogP contribution in [0, 0.1) is 11.8 Å². The number of H-pyrrole nitrogens is 2. The third-order valence-electron chi connectivity index (χ3n) is 12.8. The molecule has 330 valence electrons. The van der Waals surface area contributed by atoms with Gasteiger partial charge in [0.1, 0.15) is 35.7 Å². The lowest BCUT2D eigenvalue weighted by molar-refractivity contribution is -0.136. The molecule has 2 aliphatic heterocycles. The zero-order chi connectivity index (χ0) is 44.3. The minimum absolute atomic E-state index is 0.0887. The predicted octanol–water partition coefficient (Wildman–Crippen LogP) is 7.33. The highest BCUT2D eigenvalue weighted by molar-refractivity contribution is 6.03. The average Bonchev–Trinajstić information content (AvgIpc) is 3.81. The van der Waals surface area contributed by atoms with E-state index in [4.69, 9.17) is 19.4 Å². The van der Waals surface area contributed by atoms with Crippen molar-refractivity contribution in [1.82, 2.24) is 49.8 Å². The van der Waals surface area contributed by atoms with E-state index < -0.39 is 36.5 Å². The van der Waals surface area contributed by atoms with Gasteiger partial charge in [-0.1, -0.05) is 45.9 Å². The second kappa shape index (κ2) is 16.6. The van der Waals surface area contributed by atoms with Gasteiger partial charge in [0.05, 0.1) is 73.2 Å². The molecule has 0 unspecified atom stereocenters. The van der Waals surface area contributed by atoms with Gasteiger partial charge in [-0.3, -0.25) is 14.0 Å². The fourth-order valence-electron chi connectivity index (χ4n) is 9.29. The van der Waals surface area contributed by atoms with Gasteiger partial charge in [0, 0.05) is 40.8 Å². The Bertz CT molecular complexity index is 2740. The van der Waals surface area contributed by atoms with Crippen molar-refractivity contribution < 1.29 is 33.0 Å². The summed E-state index contributed by atoms with van der Waals surface area (Å²) >= 11 is 0. The zero-order valence-electron chi connectivity index (χ0n) is 36.3. The Balaban J connectivity index is 0.996. The fourth-order valence-corrected chi connectivity index (χ4v) is 9.29. The predicted molar refractivity (Wildman–Crippen MR) is 233 cm³/mol. The minimum atomic E-state index is -1.24. The molecule has 1 aliphatic carbocycles. The van der Waals surface area contributed by atoms with Crippen LogP contribution in [0.15, 0.2) is 54.9 Å². The number of nitrogens with zero attached hydrogens (tertiary/aromatic N) is 6. The first-order valence-corrected chi connectivity index (χ1v) is 21.8. The molecule has 0 radical (unpaired) electrons. The number of amides is 4. The second-order valence-electron chi connectivity index (χ2n) is 17.7. The molecule has 1 saturated carbocycles. The number of aromatic amines is 2. The molecule has 3 aliphatic rings. The number of rotatable bonds is 11. The van der Waals surface area contributed by atoms with Gasteiger partial charge in [-0.2, -0.15) is 0 Å². The minimum Gasteiger partial charge on any atom is -0.453 e. The number of carbonyl (C=O) groups excluding carboxylic acids is 4. The Morgan fingerprint density at radius 1 is 0.762 bits per heavy atom. The molecule has 5 atom stereocenters. The van der Waals surface area contributed by atoms with E-state index in [9.17, 15) is 23.6 Å². The molecule has 6 heterocycles. The highest BCUT2D eigenvalue weighted by Gasteiger charge is 2.42. The lowest BCUT2D eigenvalue weighted by atomic mass is 10.0. The molecule has 3 fully saturated rings. The summed E-state index contributed by atoms with van der Waals surface area (Å²) in [5.74, 6) is 1.61. The maximum Gasteiger partial charge on any atom is 0.407 e. The van der Waals surface area contributed by atoms with Gasteiger partial charge in [-0.05, 0) is 61.8 Å². The molecule has 0 bridgehead atoms. The molecule has 4 N–H and O–H groups in total. The first-order chi connectivity index (χ1) is 30.3. The largest absolute Gasteiger partial charge is 0.453 e. The summed E-state index contributed by atoms with van der Waals surface area (Å²) in [6.45, 7) is 7.91. The fraction of sp³-hybridized carbons (Fsp3) is 0.457. The second-order valence-corrected chi connectivity index (χ2v) is 17.7. The first-order valence-electron chi connectivity index (χ1n) is 21.8. The molecule has 4 amide bonds. The van der Waals surface area contributed by atoms with Gasteiger partial charge < -0.3 is 39.9 Å². The number of carbonyl (C=O) groups is 4. The van der Waals surface area contributed by atoms with Crippen molar-refractivity contribution in [2.45, 2.75) is 96.1 Å². The summed E-state index contributed by atoms with van der Waals surface area (Å²) in [5.41, 5.74) is 6.32. The average molecular weight is 861 g/mol. The lowest BCUT2D eigenvalue weighted by Crippen LogP contribution is -2.51. The summed E-state index contributed by atoms with van der Waals surface area (Å²) < 4.78 is 26.8. The number of alkyl carbamates (subject to hydrolysis) is 2. The van der Waals surface area contributed by atoms with Gasteiger partial charge in [0.2, 0.25) is 11.8 Å². The smallest absolute Gasteiger partial charge is 0.407 e. The van der Waals surface area contributed by atoms with Gasteiger partial charge in [-0.25, -0.2) is 28.9 Å². The number of nitrogens with one attached hydrogen (secondary N) is 4. The number of benzene rings is 2. The summed E-state index contributed by atoms with van der Waals surface area (Å²) in [4.78, 5) is 76.4. The Morgan fingerprint density at radius 3 is 1.98 bits per heavy atom.